The highest BCUT2D eigenvalue weighted by atomic mass is 32.1. The van der Waals surface area contributed by atoms with E-state index in [4.69, 9.17) is 10.1 Å². The monoisotopic (exact) mass is 395 g/mol. The lowest BCUT2D eigenvalue weighted by molar-refractivity contribution is 0.857. The molecule has 0 fully saturated rings. The van der Waals surface area contributed by atoms with Crippen molar-refractivity contribution >= 4 is 45.9 Å². The lowest BCUT2D eigenvalue weighted by atomic mass is 10.1. The third kappa shape index (κ3) is 3.62. The molecule has 0 aliphatic heterocycles. The molecule has 4 aromatic rings. The summed E-state index contributed by atoms with van der Waals surface area (Å²) < 4.78 is 1.94. The fourth-order valence-corrected chi connectivity index (χ4v) is 4.70. The molecule has 3 aromatic heterocycles. The number of thiazole rings is 1. The standard InChI is InChI=1S/C20H17N3S3/c1-14-7-8-16(11-15(14)2)22-20-23(21-12-17-5-3-9-24-17)18(13-26-20)19-6-4-10-25-19/h3-13H,1-2H3. The van der Waals surface area contributed by atoms with E-state index < -0.39 is 0 Å². The minimum Gasteiger partial charge on any atom is -0.220 e. The van der Waals surface area contributed by atoms with Gasteiger partial charge in [0.15, 0.2) is 0 Å². The fraction of sp³-hybridized carbons (Fsp3) is 0.100. The fourth-order valence-electron chi connectivity index (χ4n) is 2.47. The third-order valence-corrected chi connectivity index (χ3v) is 6.53. The molecule has 0 aliphatic rings. The first kappa shape index (κ1) is 17.1. The van der Waals surface area contributed by atoms with Gasteiger partial charge in [0.05, 0.1) is 22.5 Å². The van der Waals surface area contributed by atoms with E-state index in [-0.39, 0.29) is 0 Å². The first-order valence-electron chi connectivity index (χ1n) is 8.15. The zero-order valence-corrected chi connectivity index (χ0v) is 16.9. The van der Waals surface area contributed by atoms with Crippen LogP contribution >= 0.6 is 34.0 Å². The number of rotatable bonds is 4. The molecule has 0 amide bonds. The van der Waals surface area contributed by atoms with Crippen LogP contribution in [0.3, 0.4) is 0 Å². The van der Waals surface area contributed by atoms with Crippen molar-refractivity contribution < 1.29 is 0 Å². The smallest absolute Gasteiger partial charge is 0.211 e. The Kier molecular flexibility index (Phi) is 4.97. The second-order valence-electron chi connectivity index (χ2n) is 5.83. The lowest BCUT2D eigenvalue weighted by Crippen LogP contribution is -2.11. The van der Waals surface area contributed by atoms with Crippen molar-refractivity contribution in [3.63, 3.8) is 0 Å². The first-order valence-corrected chi connectivity index (χ1v) is 10.8. The maximum Gasteiger partial charge on any atom is 0.211 e. The highest BCUT2D eigenvalue weighted by Gasteiger charge is 2.08. The number of aromatic nitrogens is 1. The number of hydrogen-bond donors (Lipinski definition) is 0. The van der Waals surface area contributed by atoms with Crippen molar-refractivity contribution in [1.29, 1.82) is 0 Å². The van der Waals surface area contributed by atoms with Crippen molar-refractivity contribution in [3.05, 3.63) is 79.4 Å². The number of aryl methyl sites for hydroxylation is 2. The highest BCUT2D eigenvalue weighted by molar-refractivity contribution is 7.14. The summed E-state index contributed by atoms with van der Waals surface area (Å²) in [5.41, 5.74) is 4.54. The summed E-state index contributed by atoms with van der Waals surface area (Å²) in [5.74, 6) is 0. The molecule has 0 bridgehead atoms. The molecule has 0 unspecified atom stereocenters. The topological polar surface area (TPSA) is 29.6 Å². The lowest BCUT2D eigenvalue weighted by Gasteiger charge is -2.02. The normalized spacial score (nSPS) is 12.3. The van der Waals surface area contributed by atoms with Crippen LogP contribution in [0, 0.1) is 13.8 Å². The second kappa shape index (κ2) is 7.53. The Morgan fingerprint density at radius 3 is 2.50 bits per heavy atom. The average Bonchev–Trinajstić information content (AvgIpc) is 3.37. The van der Waals surface area contributed by atoms with Crippen molar-refractivity contribution in [1.82, 2.24) is 4.68 Å². The van der Waals surface area contributed by atoms with Gasteiger partial charge in [-0.3, -0.25) is 0 Å². The summed E-state index contributed by atoms with van der Waals surface area (Å²) in [6.45, 7) is 4.23. The molecule has 3 nitrogen and oxygen atoms in total. The van der Waals surface area contributed by atoms with E-state index in [2.05, 4.69) is 66.4 Å². The van der Waals surface area contributed by atoms with Gasteiger partial charge in [-0.1, -0.05) is 18.2 Å². The maximum absolute atomic E-state index is 4.85. The highest BCUT2D eigenvalue weighted by Crippen LogP contribution is 2.26. The van der Waals surface area contributed by atoms with Gasteiger partial charge < -0.3 is 0 Å². The Morgan fingerprint density at radius 2 is 1.77 bits per heavy atom. The van der Waals surface area contributed by atoms with E-state index in [1.165, 1.54) is 16.0 Å². The van der Waals surface area contributed by atoms with Crippen molar-refractivity contribution in [3.8, 4) is 10.6 Å². The van der Waals surface area contributed by atoms with Crippen LogP contribution < -0.4 is 4.80 Å². The third-order valence-electron chi connectivity index (χ3n) is 4.02. The summed E-state index contributed by atoms with van der Waals surface area (Å²) >= 11 is 4.99. The molecule has 0 radical (unpaired) electrons. The Morgan fingerprint density at radius 1 is 0.923 bits per heavy atom. The van der Waals surface area contributed by atoms with Gasteiger partial charge in [-0.25, -0.2) is 9.67 Å². The number of hydrogen-bond acceptors (Lipinski definition) is 5. The van der Waals surface area contributed by atoms with Gasteiger partial charge in [0.1, 0.15) is 0 Å². The van der Waals surface area contributed by atoms with Crippen LogP contribution in [0.1, 0.15) is 16.0 Å². The summed E-state index contributed by atoms with van der Waals surface area (Å²) in [5, 5.41) is 11.0. The molecule has 0 saturated carbocycles. The summed E-state index contributed by atoms with van der Waals surface area (Å²) in [7, 11) is 0. The second-order valence-corrected chi connectivity index (χ2v) is 8.60. The maximum atomic E-state index is 4.85. The van der Waals surface area contributed by atoms with Gasteiger partial charge in [-0.05, 0) is 60.0 Å². The van der Waals surface area contributed by atoms with Gasteiger partial charge in [0.25, 0.3) is 0 Å². The van der Waals surface area contributed by atoms with Crippen LogP contribution in [0.25, 0.3) is 10.6 Å². The van der Waals surface area contributed by atoms with Crippen LogP contribution in [-0.2, 0) is 0 Å². The van der Waals surface area contributed by atoms with Gasteiger partial charge in [-0.15, -0.1) is 34.0 Å². The molecule has 4 rings (SSSR count). The van der Waals surface area contributed by atoms with Gasteiger partial charge in [-0.2, -0.15) is 5.10 Å². The summed E-state index contributed by atoms with van der Waals surface area (Å²) in [6, 6.07) is 14.6. The van der Waals surface area contributed by atoms with E-state index in [0.717, 1.165) is 21.1 Å². The van der Waals surface area contributed by atoms with E-state index >= 15 is 0 Å². The molecule has 1 aromatic carbocycles. The Bertz CT molecular complexity index is 1100. The Balaban J connectivity index is 1.83. The zero-order valence-electron chi connectivity index (χ0n) is 14.4. The molecule has 0 spiro atoms. The van der Waals surface area contributed by atoms with Crippen LogP contribution in [0.4, 0.5) is 5.69 Å². The molecule has 0 N–H and O–H groups in total. The van der Waals surface area contributed by atoms with Crippen molar-refractivity contribution in [2.24, 2.45) is 10.1 Å². The quantitative estimate of drug-likeness (QED) is 0.375. The largest absolute Gasteiger partial charge is 0.220 e. The molecule has 130 valence electrons. The number of thiophene rings is 2. The Labute approximate surface area is 164 Å². The van der Waals surface area contributed by atoms with E-state index in [9.17, 15) is 0 Å². The van der Waals surface area contributed by atoms with Crippen molar-refractivity contribution in [2.45, 2.75) is 13.8 Å². The van der Waals surface area contributed by atoms with Gasteiger partial charge in [0.2, 0.25) is 4.80 Å². The van der Waals surface area contributed by atoms with Crippen LogP contribution in [0.15, 0.2) is 68.7 Å². The van der Waals surface area contributed by atoms with Crippen LogP contribution in [0.2, 0.25) is 0 Å². The predicted molar refractivity (Wildman–Crippen MR) is 114 cm³/mol. The molecule has 3 heterocycles. The number of nitrogens with zero attached hydrogens (tertiary/aromatic N) is 3. The van der Waals surface area contributed by atoms with E-state index in [1.807, 2.05) is 17.0 Å². The van der Waals surface area contributed by atoms with Crippen LogP contribution in [0.5, 0.6) is 0 Å². The zero-order chi connectivity index (χ0) is 17.9. The number of benzene rings is 1. The van der Waals surface area contributed by atoms with E-state index in [0.29, 0.717) is 0 Å². The first-order chi connectivity index (χ1) is 12.7. The predicted octanol–water partition coefficient (Wildman–Crippen LogP) is 6.07. The van der Waals surface area contributed by atoms with Gasteiger partial charge in [0, 0.05) is 10.3 Å². The average molecular weight is 396 g/mol. The molecular formula is C20H17N3S3. The molecular weight excluding hydrogens is 378 g/mol. The molecule has 26 heavy (non-hydrogen) atoms. The molecule has 0 atom stereocenters. The summed E-state index contributed by atoms with van der Waals surface area (Å²) in [4.78, 5) is 8.02. The minimum atomic E-state index is 0.865. The van der Waals surface area contributed by atoms with Crippen LogP contribution in [-0.4, -0.2) is 10.9 Å². The molecule has 0 aliphatic carbocycles. The molecule has 6 heteroatoms. The Hall–Kier alpha value is -2.28. The van der Waals surface area contributed by atoms with Crippen molar-refractivity contribution in [2.75, 3.05) is 0 Å². The SMILES string of the molecule is Cc1ccc(N=c2scc(-c3cccs3)n2N=Cc2cccs2)cc1C. The summed E-state index contributed by atoms with van der Waals surface area (Å²) in [6.07, 6.45) is 1.90. The van der Waals surface area contributed by atoms with E-state index in [1.54, 1.807) is 34.0 Å². The van der Waals surface area contributed by atoms with Gasteiger partial charge >= 0.3 is 0 Å². The molecule has 0 saturated heterocycles. The minimum absolute atomic E-state index is 0.865.